The van der Waals surface area contributed by atoms with E-state index < -0.39 is 29.3 Å². The molecule has 0 aromatic heterocycles. The van der Waals surface area contributed by atoms with Crippen LogP contribution in [0.2, 0.25) is 0 Å². The van der Waals surface area contributed by atoms with Crippen molar-refractivity contribution in [3.8, 4) is 6.19 Å². The van der Waals surface area contributed by atoms with Crippen molar-refractivity contribution in [3.05, 3.63) is 71.3 Å². The Morgan fingerprint density at radius 3 is 2.71 bits per heavy atom. The van der Waals surface area contributed by atoms with Crippen LogP contribution in [0.15, 0.2) is 58.6 Å². The summed E-state index contributed by atoms with van der Waals surface area (Å²) in [5.74, 6) is -1.00. The lowest BCUT2D eigenvalue weighted by molar-refractivity contribution is 0.0926. The molecule has 35 heavy (non-hydrogen) atoms. The molecule has 2 amide bonds. The molecule has 1 aliphatic heterocycles. The highest BCUT2D eigenvalue weighted by Gasteiger charge is 2.49. The number of halogens is 2. The summed E-state index contributed by atoms with van der Waals surface area (Å²) in [6, 6.07) is 11.6. The van der Waals surface area contributed by atoms with E-state index in [1.54, 1.807) is 13.2 Å². The van der Waals surface area contributed by atoms with E-state index in [4.69, 9.17) is 5.26 Å². The molecule has 2 aromatic rings. The summed E-state index contributed by atoms with van der Waals surface area (Å²) in [5, 5.41) is 29.9. The standard InChI is InChI=1S/C23H25F2N7O2S/c1-27-21(29-14-26)28-12-6-11-23(16-7-4-3-5-8-16)32(22(34)31(2)15-33)30-20(35-23)18-13-17(24)9-10-19(18)25/h3-5,7-10,13,33H,6,11-12,15H2,1-2H3,(H2,27,28,29). The number of hydrogen-bond acceptors (Lipinski definition) is 6. The summed E-state index contributed by atoms with van der Waals surface area (Å²) < 4.78 is 28.6. The number of aliphatic hydroxyl groups is 1. The molecule has 1 heterocycles. The van der Waals surface area contributed by atoms with Crippen LogP contribution in [0.25, 0.3) is 0 Å². The average molecular weight is 502 g/mol. The van der Waals surface area contributed by atoms with E-state index in [9.17, 15) is 18.7 Å². The van der Waals surface area contributed by atoms with E-state index in [1.165, 1.54) is 12.1 Å². The second-order valence-corrected chi connectivity index (χ2v) is 8.82. The van der Waals surface area contributed by atoms with Crippen molar-refractivity contribution in [1.29, 1.82) is 5.26 Å². The van der Waals surface area contributed by atoms with Crippen molar-refractivity contribution in [2.45, 2.75) is 17.7 Å². The van der Waals surface area contributed by atoms with Gasteiger partial charge in [0.05, 0.1) is 0 Å². The largest absolute Gasteiger partial charge is 0.376 e. The number of amides is 2. The lowest BCUT2D eigenvalue weighted by Crippen LogP contribution is -2.47. The van der Waals surface area contributed by atoms with Crippen LogP contribution in [0.5, 0.6) is 0 Å². The maximum Gasteiger partial charge on any atom is 0.343 e. The number of nitrogens with one attached hydrogen (secondary N) is 2. The fraction of sp³-hybridized carbons (Fsp3) is 0.304. The number of thioether (sulfide) groups is 1. The van der Waals surface area contributed by atoms with Gasteiger partial charge >= 0.3 is 6.03 Å². The minimum Gasteiger partial charge on any atom is -0.376 e. The number of guanidine groups is 1. The van der Waals surface area contributed by atoms with Gasteiger partial charge in [0, 0.05) is 26.2 Å². The van der Waals surface area contributed by atoms with Gasteiger partial charge in [-0.2, -0.15) is 15.4 Å². The zero-order valence-corrected chi connectivity index (χ0v) is 20.0. The molecule has 0 spiro atoms. The van der Waals surface area contributed by atoms with E-state index >= 15 is 0 Å². The predicted octanol–water partition coefficient (Wildman–Crippen LogP) is 2.96. The van der Waals surface area contributed by atoms with Gasteiger partial charge in [-0.05, 0) is 36.6 Å². The SMILES string of the molecule is CN/C(=N/C#N)NCCCC1(c2ccccc2)SC(c2cc(F)ccc2F)=NN1C(=O)N(C)CO. The first-order chi connectivity index (χ1) is 16.9. The first kappa shape index (κ1) is 25.9. The quantitative estimate of drug-likeness (QED) is 0.177. The van der Waals surface area contributed by atoms with E-state index in [2.05, 4.69) is 20.7 Å². The Kier molecular flexibility index (Phi) is 8.62. The molecule has 1 aliphatic rings. The molecule has 1 unspecified atom stereocenters. The number of hydrogen-bond donors (Lipinski definition) is 3. The van der Waals surface area contributed by atoms with Crippen LogP contribution in [0.4, 0.5) is 13.6 Å². The Bertz CT molecular complexity index is 1160. The third-order valence-electron chi connectivity index (χ3n) is 5.29. The highest BCUT2D eigenvalue weighted by molar-refractivity contribution is 8.15. The maximum absolute atomic E-state index is 14.7. The number of benzene rings is 2. The van der Waals surface area contributed by atoms with E-state index in [1.807, 2.05) is 30.3 Å². The topological polar surface area (TPSA) is 116 Å². The molecule has 0 saturated carbocycles. The van der Waals surface area contributed by atoms with Crippen LogP contribution in [0.3, 0.4) is 0 Å². The Labute approximate surface area is 206 Å². The first-order valence-corrected chi connectivity index (χ1v) is 11.5. The molecule has 3 N–H and O–H groups in total. The van der Waals surface area contributed by atoms with Crippen LogP contribution in [0, 0.1) is 23.1 Å². The first-order valence-electron chi connectivity index (χ1n) is 10.7. The number of carbonyl (C=O) groups is 1. The van der Waals surface area contributed by atoms with Gasteiger partial charge in [-0.1, -0.05) is 42.1 Å². The van der Waals surface area contributed by atoms with Gasteiger partial charge in [0.15, 0.2) is 0 Å². The molecule has 1 atom stereocenters. The number of carbonyl (C=O) groups excluding carboxylic acids is 1. The number of rotatable bonds is 7. The number of hydrazone groups is 1. The summed E-state index contributed by atoms with van der Waals surface area (Å²) >= 11 is 1.14. The van der Waals surface area contributed by atoms with Gasteiger partial charge in [-0.25, -0.2) is 13.6 Å². The minimum absolute atomic E-state index is 0.0611. The van der Waals surface area contributed by atoms with Gasteiger partial charge in [-0.15, -0.1) is 4.99 Å². The monoisotopic (exact) mass is 501 g/mol. The number of nitriles is 1. The molecule has 12 heteroatoms. The second kappa shape index (κ2) is 11.6. The van der Waals surface area contributed by atoms with Crippen LogP contribution < -0.4 is 10.6 Å². The molecule has 9 nitrogen and oxygen atoms in total. The number of urea groups is 1. The van der Waals surface area contributed by atoms with Crippen molar-refractivity contribution in [1.82, 2.24) is 20.5 Å². The van der Waals surface area contributed by atoms with Crippen molar-refractivity contribution in [2.75, 3.05) is 27.4 Å². The van der Waals surface area contributed by atoms with Crippen molar-refractivity contribution < 1.29 is 18.7 Å². The van der Waals surface area contributed by atoms with Gasteiger partial charge in [0.1, 0.15) is 28.3 Å². The Hall–Kier alpha value is -3.69. The van der Waals surface area contributed by atoms with Crippen molar-refractivity contribution in [2.24, 2.45) is 10.1 Å². The fourth-order valence-corrected chi connectivity index (χ4v) is 4.95. The lowest BCUT2D eigenvalue weighted by Gasteiger charge is -2.37. The second-order valence-electron chi connectivity index (χ2n) is 7.56. The molecule has 0 radical (unpaired) electrons. The summed E-state index contributed by atoms with van der Waals surface area (Å²) in [6.45, 7) is -0.153. The van der Waals surface area contributed by atoms with Gasteiger partial charge < -0.3 is 20.6 Å². The van der Waals surface area contributed by atoms with Crippen LogP contribution >= 0.6 is 11.8 Å². The van der Waals surface area contributed by atoms with E-state index in [-0.39, 0.29) is 10.6 Å². The fourth-order valence-electron chi connectivity index (χ4n) is 3.53. The highest BCUT2D eigenvalue weighted by atomic mass is 32.2. The minimum atomic E-state index is -1.11. The lowest BCUT2D eigenvalue weighted by atomic mass is 10.0. The molecule has 0 fully saturated rings. The molecule has 0 saturated heterocycles. The smallest absolute Gasteiger partial charge is 0.343 e. The van der Waals surface area contributed by atoms with E-state index in [0.29, 0.717) is 25.3 Å². The van der Waals surface area contributed by atoms with E-state index in [0.717, 1.165) is 40.4 Å². The summed E-state index contributed by atoms with van der Waals surface area (Å²) in [7, 11) is 3.04. The molecular formula is C23H25F2N7O2S. The van der Waals surface area contributed by atoms with Crippen molar-refractivity contribution >= 4 is 28.8 Å². The maximum atomic E-state index is 14.7. The summed E-state index contributed by atoms with van der Waals surface area (Å²) in [4.78, 5) is 16.9. The Morgan fingerprint density at radius 1 is 1.31 bits per heavy atom. The normalized spacial score (nSPS) is 17.5. The molecule has 2 aromatic carbocycles. The molecular weight excluding hydrogens is 476 g/mol. The number of aliphatic imine (C=N–C) groups is 1. The molecule has 0 bridgehead atoms. The highest BCUT2D eigenvalue weighted by Crippen LogP contribution is 2.50. The number of aliphatic hydroxyl groups excluding tert-OH is 1. The third-order valence-corrected chi connectivity index (χ3v) is 6.73. The van der Waals surface area contributed by atoms with Crippen LogP contribution in [0.1, 0.15) is 24.0 Å². The zero-order chi connectivity index (χ0) is 25.4. The predicted molar refractivity (Wildman–Crippen MR) is 130 cm³/mol. The molecule has 0 aliphatic carbocycles. The number of nitrogens with zero attached hydrogens (tertiary/aromatic N) is 5. The zero-order valence-electron chi connectivity index (χ0n) is 19.2. The van der Waals surface area contributed by atoms with Gasteiger partial charge in [0.2, 0.25) is 12.2 Å². The third kappa shape index (κ3) is 5.70. The Balaban J connectivity index is 2.02. The van der Waals surface area contributed by atoms with Gasteiger partial charge in [0.25, 0.3) is 0 Å². The van der Waals surface area contributed by atoms with Crippen LogP contribution in [-0.2, 0) is 4.87 Å². The van der Waals surface area contributed by atoms with Crippen LogP contribution in [-0.4, -0.2) is 59.4 Å². The van der Waals surface area contributed by atoms with Crippen molar-refractivity contribution in [3.63, 3.8) is 0 Å². The Morgan fingerprint density at radius 2 is 2.06 bits per heavy atom. The molecule has 3 rings (SSSR count). The van der Waals surface area contributed by atoms with Gasteiger partial charge in [-0.3, -0.25) is 0 Å². The average Bonchev–Trinajstić information content (AvgIpc) is 3.27. The molecule has 184 valence electrons. The summed E-state index contributed by atoms with van der Waals surface area (Å²) in [5.41, 5.74) is 0.661. The summed E-state index contributed by atoms with van der Waals surface area (Å²) in [6.07, 6.45) is 2.55.